The number of dihydropyridines is 1. The number of para-hydroxylation sites is 1. The van der Waals surface area contributed by atoms with E-state index < -0.39 is 5.82 Å². The molecule has 0 saturated heterocycles. The van der Waals surface area contributed by atoms with E-state index in [-0.39, 0.29) is 23.4 Å². The van der Waals surface area contributed by atoms with Gasteiger partial charge in [-0.25, -0.2) is 14.1 Å². The van der Waals surface area contributed by atoms with Crippen LogP contribution in [0.3, 0.4) is 0 Å². The van der Waals surface area contributed by atoms with Crippen LogP contribution in [0.15, 0.2) is 69.8 Å². The Hall–Kier alpha value is -3.72. The van der Waals surface area contributed by atoms with Crippen molar-refractivity contribution in [2.45, 2.75) is 19.9 Å². The van der Waals surface area contributed by atoms with Gasteiger partial charge >= 0.3 is 0 Å². The fourth-order valence-electron chi connectivity index (χ4n) is 3.96. The molecule has 2 aromatic carbocycles. The van der Waals surface area contributed by atoms with Crippen LogP contribution in [-0.4, -0.2) is 33.0 Å². The van der Waals surface area contributed by atoms with E-state index in [4.69, 9.17) is 10.5 Å². The minimum atomic E-state index is -0.461. The average Bonchev–Trinajstić information content (AvgIpc) is 3.39. The van der Waals surface area contributed by atoms with Crippen molar-refractivity contribution < 1.29 is 13.9 Å². The van der Waals surface area contributed by atoms with Gasteiger partial charge in [-0.05, 0) is 55.3 Å². The smallest absolute Gasteiger partial charge is 0.214 e. The predicted molar refractivity (Wildman–Crippen MR) is 133 cm³/mol. The maximum Gasteiger partial charge on any atom is 0.214 e. The third-order valence-electron chi connectivity index (χ3n) is 5.87. The van der Waals surface area contributed by atoms with Crippen molar-refractivity contribution in [2.75, 3.05) is 12.3 Å². The number of rotatable bonds is 4. The molecule has 1 atom stereocenters. The topological polar surface area (TPSA) is 98.3 Å². The highest BCUT2D eigenvalue weighted by Gasteiger charge is 2.26. The molecule has 3 heterocycles. The summed E-state index contributed by atoms with van der Waals surface area (Å²) in [7, 11) is 0. The van der Waals surface area contributed by atoms with Crippen molar-refractivity contribution in [2.24, 2.45) is 4.99 Å². The zero-order chi connectivity index (χ0) is 24.0. The zero-order valence-corrected chi connectivity index (χ0v) is 20.1. The molecule has 4 aromatic rings. The molecule has 0 amide bonds. The fraction of sp³-hybridized carbons (Fsp3) is 0.160. The van der Waals surface area contributed by atoms with Gasteiger partial charge in [-0.2, -0.15) is 5.10 Å². The summed E-state index contributed by atoms with van der Waals surface area (Å²) in [5, 5.41) is 5.32. The molecule has 7 nitrogen and oxygen atoms in total. The number of aromatic nitrogens is 3. The number of hydrogen-bond donors (Lipinski definition) is 2. The number of anilines is 1. The number of nitrogens with two attached hydrogens (primary N) is 1. The largest absolute Gasteiger partial charge is 0.436 e. The van der Waals surface area contributed by atoms with Crippen LogP contribution in [0.1, 0.15) is 34.6 Å². The Bertz CT molecular complexity index is 1460. The first-order valence-electron chi connectivity index (χ1n) is 10.6. The second-order valence-corrected chi connectivity index (χ2v) is 9.06. The molecule has 1 aliphatic rings. The summed E-state index contributed by atoms with van der Waals surface area (Å²) in [6.45, 7) is 4.19. The quantitative estimate of drug-likeness (QED) is 0.353. The van der Waals surface area contributed by atoms with Gasteiger partial charge in [0.05, 0.1) is 30.0 Å². The number of carbonyl (C=O) groups excluding carboxylic acids is 1. The van der Waals surface area contributed by atoms with Crippen molar-refractivity contribution in [1.29, 1.82) is 0 Å². The number of ketones is 1. The van der Waals surface area contributed by atoms with Crippen LogP contribution in [0.25, 0.3) is 10.9 Å². The van der Waals surface area contributed by atoms with Crippen LogP contribution in [0, 0.1) is 12.7 Å². The van der Waals surface area contributed by atoms with Gasteiger partial charge in [0.25, 0.3) is 0 Å². The first-order valence-corrected chi connectivity index (χ1v) is 11.4. The Morgan fingerprint density at radius 2 is 2.06 bits per heavy atom. The van der Waals surface area contributed by atoms with Gasteiger partial charge in [0.1, 0.15) is 5.82 Å². The van der Waals surface area contributed by atoms with Crippen molar-refractivity contribution in [1.82, 2.24) is 14.8 Å². The maximum absolute atomic E-state index is 13.9. The number of H-pyrrole nitrogens is 1. The molecule has 34 heavy (non-hydrogen) atoms. The zero-order valence-electron chi connectivity index (χ0n) is 18.5. The molecule has 5 rings (SSSR count). The monoisotopic (exact) mass is 521 g/mol. The van der Waals surface area contributed by atoms with Gasteiger partial charge < -0.3 is 15.5 Å². The van der Waals surface area contributed by atoms with E-state index in [1.54, 1.807) is 29.0 Å². The third kappa shape index (κ3) is 3.92. The van der Waals surface area contributed by atoms with E-state index in [9.17, 15) is 9.18 Å². The minimum Gasteiger partial charge on any atom is -0.436 e. The van der Waals surface area contributed by atoms with Gasteiger partial charge in [0, 0.05) is 21.5 Å². The molecule has 0 bridgehead atoms. The summed E-state index contributed by atoms with van der Waals surface area (Å²) in [6.07, 6.45) is 3.20. The number of fused-ring (bicyclic) bond motifs is 1. The lowest BCUT2D eigenvalue weighted by Gasteiger charge is -2.22. The molecule has 0 saturated carbocycles. The number of nitrogens with one attached hydrogen (secondary N) is 1. The number of aromatic amines is 1. The van der Waals surface area contributed by atoms with Gasteiger partial charge in [-0.3, -0.25) is 4.79 Å². The number of ether oxygens (including phenoxy) is 1. The van der Waals surface area contributed by atoms with Crippen molar-refractivity contribution in [3.8, 4) is 5.75 Å². The molecule has 2 aromatic heterocycles. The van der Waals surface area contributed by atoms with Crippen LogP contribution in [0.4, 0.5) is 10.2 Å². The number of aliphatic imine (C=N–C) groups is 1. The number of hydrogen-bond acceptors (Lipinski definition) is 5. The second kappa shape index (κ2) is 8.57. The summed E-state index contributed by atoms with van der Waals surface area (Å²) in [5.74, 6) is -0.0285. The molecule has 0 fully saturated rings. The standard InChI is InChI=1S/C25H21BrFN5O2/c1-13-7-15-9-20(31-19(15)10-17(13)26)24(33)16-11-30-32(25(16)28)21-12-29-23(8-14(21)2)34-22-6-4-3-5-18(22)27/h3-11,21,31H,12,28H2,1-2H3. The van der Waals surface area contributed by atoms with Crippen molar-refractivity contribution in [3.05, 3.63) is 87.4 Å². The fourth-order valence-corrected chi connectivity index (χ4v) is 4.30. The Balaban J connectivity index is 1.38. The van der Waals surface area contributed by atoms with Crippen molar-refractivity contribution in [3.63, 3.8) is 0 Å². The number of benzene rings is 2. The highest BCUT2D eigenvalue weighted by Crippen LogP contribution is 2.29. The van der Waals surface area contributed by atoms with Crippen LogP contribution in [-0.2, 0) is 0 Å². The number of carbonyl (C=O) groups is 1. The Morgan fingerprint density at radius 1 is 1.26 bits per heavy atom. The van der Waals surface area contributed by atoms with E-state index >= 15 is 0 Å². The molecule has 172 valence electrons. The number of halogens is 2. The van der Waals surface area contributed by atoms with Gasteiger partial charge in [0.2, 0.25) is 11.7 Å². The van der Waals surface area contributed by atoms with Crippen LogP contribution in [0.2, 0.25) is 0 Å². The Labute approximate surface area is 203 Å². The van der Waals surface area contributed by atoms with E-state index in [0.717, 1.165) is 26.5 Å². The Morgan fingerprint density at radius 3 is 2.82 bits per heavy atom. The highest BCUT2D eigenvalue weighted by molar-refractivity contribution is 9.10. The van der Waals surface area contributed by atoms with Crippen molar-refractivity contribution >= 4 is 44.3 Å². The highest BCUT2D eigenvalue weighted by atomic mass is 79.9. The van der Waals surface area contributed by atoms with E-state index in [2.05, 4.69) is 31.0 Å². The summed E-state index contributed by atoms with van der Waals surface area (Å²) in [6, 6.07) is 11.6. The number of aryl methyl sites for hydroxylation is 1. The minimum absolute atomic E-state index is 0.107. The van der Waals surface area contributed by atoms with Gasteiger partial charge in [-0.1, -0.05) is 28.1 Å². The lowest BCUT2D eigenvalue weighted by Crippen LogP contribution is -2.24. The summed E-state index contributed by atoms with van der Waals surface area (Å²) < 4.78 is 22.0. The van der Waals surface area contributed by atoms with Gasteiger partial charge in [-0.15, -0.1) is 0 Å². The van der Waals surface area contributed by atoms with Crippen LogP contribution in [0.5, 0.6) is 5.75 Å². The summed E-state index contributed by atoms with van der Waals surface area (Å²) in [5.41, 5.74) is 9.92. The lowest BCUT2D eigenvalue weighted by atomic mass is 10.1. The molecule has 0 spiro atoms. The molecule has 0 aliphatic carbocycles. The number of nitrogens with zero attached hydrogens (tertiary/aromatic N) is 3. The molecular weight excluding hydrogens is 501 g/mol. The SMILES string of the molecule is CC1=CC(Oc2ccccc2F)=NCC1n1ncc(C(=O)c2cc3cc(C)c(Br)cc3[nH]2)c1N. The summed E-state index contributed by atoms with van der Waals surface area (Å²) >= 11 is 3.52. The first-order chi connectivity index (χ1) is 16.3. The lowest BCUT2D eigenvalue weighted by molar-refractivity contribution is 0.103. The Kier molecular flexibility index (Phi) is 5.57. The number of nitrogen functional groups attached to an aromatic ring is 1. The average molecular weight is 522 g/mol. The first kappa shape index (κ1) is 22.1. The molecule has 1 unspecified atom stereocenters. The van der Waals surface area contributed by atoms with E-state index in [0.29, 0.717) is 23.7 Å². The maximum atomic E-state index is 13.9. The predicted octanol–water partition coefficient (Wildman–Crippen LogP) is 5.37. The molecule has 1 aliphatic heterocycles. The molecule has 9 heteroatoms. The molecular formula is C25H21BrFN5O2. The van der Waals surface area contributed by atoms with Crippen LogP contribution >= 0.6 is 15.9 Å². The van der Waals surface area contributed by atoms with E-state index in [1.807, 2.05) is 32.0 Å². The van der Waals surface area contributed by atoms with Gasteiger partial charge in [0.15, 0.2) is 11.6 Å². The third-order valence-corrected chi connectivity index (χ3v) is 6.72. The van der Waals surface area contributed by atoms with E-state index in [1.165, 1.54) is 12.3 Å². The molecule has 0 radical (unpaired) electrons. The second-order valence-electron chi connectivity index (χ2n) is 8.20. The summed E-state index contributed by atoms with van der Waals surface area (Å²) in [4.78, 5) is 20.8. The van der Waals surface area contributed by atoms with Crippen LogP contribution < -0.4 is 10.5 Å². The molecule has 3 N–H and O–H groups in total. The normalized spacial score (nSPS) is 15.8.